The number of rotatable bonds is 6. The van der Waals surface area contributed by atoms with Gasteiger partial charge in [-0.2, -0.15) is 0 Å². The van der Waals surface area contributed by atoms with Crippen LogP contribution in [-0.2, 0) is 14.3 Å². The van der Waals surface area contributed by atoms with Gasteiger partial charge in [-0.25, -0.2) is 0 Å². The molecule has 1 N–H and O–H groups in total. The molecule has 6 nitrogen and oxygen atoms in total. The second-order valence-corrected chi connectivity index (χ2v) is 5.02. The molecule has 22 heavy (non-hydrogen) atoms. The molecule has 0 spiro atoms. The zero-order valence-corrected chi connectivity index (χ0v) is 13.0. The highest BCUT2D eigenvalue weighted by Gasteiger charge is 2.32. The molecule has 1 aliphatic rings. The molecule has 1 aromatic carbocycles. The summed E-state index contributed by atoms with van der Waals surface area (Å²) in [4.78, 5) is 25.9. The monoisotopic (exact) mass is 306 g/mol. The van der Waals surface area contributed by atoms with Crippen molar-refractivity contribution in [3.8, 4) is 5.75 Å². The van der Waals surface area contributed by atoms with Gasteiger partial charge in [-0.1, -0.05) is 6.92 Å². The summed E-state index contributed by atoms with van der Waals surface area (Å²) in [7, 11) is 0. The maximum Gasteiger partial charge on any atom is 0.323 e. The number of esters is 1. The molecule has 0 bridgehead atoms. The van der Waals surface area contributed by atoms with Gasteiger partial charge < -0.3 is 14.8 Å². The summed E-state index contributed by atoms with van der Waals surface area (Å²) in [5.41, 5.74) is 0.681. The predicted octanol–water partition coefficient (Wildman–Crippen LogP) is 1.66. The first kappa shape index (κ1) is 16.3. The third-order valence-corrected chi connectivity index (χ3v) is 3.57. The first-order valence-electron chi connectivity index (χ1n) is 7.57. The number of nitrogens with zero attached hydrogens (tertiary/aromatic N) is 1. The number of nitrogens with one attached hydrogen (secondary N) is 1. The molecule has 120 valence electrons. The summed E-state index contributed by atoms with van der Waals surface area (Å²) in [5.74, 6) is 0.231. The van der Waals surface area contributed by atoms with E-state index in [9.17, 15) is 9.59 Å². The summed E-state index contributed by atoms with van der Waals surface area (Å²) >= 11 is 0. The Bertz CT molecular complexity index is 515. The topological polar surface area (TPSA) is 67.9 Å². The van der Waals surface area contributed by atoms with Crippen molar-refractivity contribution in [1.82, 2.24) is 4.90 Å². The van der Waals surface area contributed by atoms with Gasteiger partial charge in [-0.3, -0.25) is 14.5 Å². The molecule has 0 aliphatic carbocycles. The smallest absolute Gasteiger partial charge is 0.323 e. The van der Waals surface area contributed by atoms with Crippen LogP contribution in [0.25, 0.3) is 0 Å². The second kappa shape index (κ2) is 7.79. The fourth-order valence-electron chi connectivity index (χ4n) is 2.44. The Labute approximate surface area is 130 Å². The van der Waals surface area contributed by atoms with E-state index in [1.54, 1.807) is 24.3 Å². The number of carbonyl (C=O) groups is 2. The van der Waals surface area contributed by atoms with Crippen LogP contribution < -0.4 is 10.1 Å². The van der Waals surface area contributed by atoms with Crippen LogP contribution in [0.4, 0.5) is 5.69 Å². The predicted molar refractivity (Wildman–Crippen MR) is 82.9 cm³/mol. The molecule has 1 atom stereocenters. The largest absolute Gasteiger partial charge is 0.494 e. The number of likely N-dealkylation sites (N-methyl/N-ethyl adjacent to an activating group) is 1. The minimum Gasteiger partial charge on any atom is -0.494 e. The van der Waals surface area contributed by atoms with Crippen molar-refractivity contribution in [3.05, 3.63) is 24.3 Å². The van der Waals surface area contributed by atoms with E-state index >= 15 is 0 Å². The molecule has 1 saturated heterocycles. The Morgan fingerprint density at radius 3 is 2.73 bits per heavy atom. The Balaban J connectivity index is 1.92. The van der Waals surface area contributed by atoms with Crippen molar-refractivity contribution in [2.75, 3.05) is 31.6 Å². The summed E-state index contributed by atoms with van der Waals surface area (Å²) in [5, 5.41) is 2.79. The van der Waals surface area contributed by atoms with Gasteiger partial charge in [0.25, 0.3) is 0 Å². The van der Waals surface area contributed by atoms with E-state index in [4.69, 9.17) is 9.47 Å². The first-order valence-corrected chi connectivity index (χ1v) is 7.57. The van der Waals surface area contributed by atoms with Gasteiger partial charge in [0, 0.05) is 12.2 Å². The molecule has 0 aromatic heterocycles. The second-order valence-electron chi connectivity index (χ2n) is 5.02. The van der Waals surface area contributed by atoms with Crippen LogP contribution in [0.3, 0.4) is 0 Å². The molecule has 1 fully saturated rings. The van der Waals surface area contributed by atoms with Crippen molar-refractivity contribution in [2.24, 2.45) is 0 Å². The van der Waals surface area contributed by atoms with E-state index in [0.717, 1.165) is 12.3 Å². The SMILES string of the molecule is CCOc1ccc(NC(=O)C[C@H]2C(=O)OCCN2CC)cc1. The number of benzene rings is 1. The van der Waals surface area contributed by atoms with E-state index in [-0.39, 0.29) is 18.3 Å². The highest BCUT2D eigenvalue weighted by Crippen LogP contribution is 2.17. The fourth-order valence-corrected chi connectivity index (χ4v) is 2.44. The van der Waals surface area contributed by atoms with Gasteiger partial charge in [-0.05, 0) is 37.7 Å². The zero-order valence-electron chi connectivity index (χ0n) is 13.0. The van der Waals surface area contributed by atoms with E-state index in [2.05, 4.69) is 5.32 Å². The number of hydrogen-bond donors (Lipinski definition) is 1. The maximum absolute atomic E-state index is 12.1. The number of morpholine rings is 1. The molecule has 0 unspecified atom stereocenters. The van der Waals surface area contributed by atoms with Crippen molar-refractivity contribution in [2.45, 2.75) is 26.3 Å². The Morgan fingerprint density at radius 1 is 1.36 bits per heavy atom. The Kier molecular flexibility index (Phi) is 5.77. The van der Waals surface area contributed by atoms with Crippen LogP contribution >= 0.6 is 0 Å². The summed E-state index contributed by atoms with van der Waals surface area (Å²) in [6, 6.07) is 6.65. The highest BCUT2D eigenvalue weighted by atomic mass is 16.5. The minimum atomic E-state index is -0.499. The van der Waals surface area contributed by atoms with E-state index in [0.29, 0.717) is 25.4 Å². The standard InChI is InChI=1S/C16H22N2O4/c1-3-18-9-10-22-16(20)14(18)11-15(19)17-12-5-7-13(8-6-12)21-4-2/h5-8,14H,3-4,9-11H2,1-2H3,(H,17,19)/t14-/m0/s1. The van der Waals surface area contributed by atoms with Crippen molar-refractivity contribution >= 4 is 17.6 Å². The molecule has 2 rings (SSSR count). The Hall–Kier alpha value is -2.08. The lowest BCUT2D eigenvalue weighted by Crippen LogP contribution is -2.50. The molecule has 1 heterocycles. The number of hydrogen-bond acceptors (Lipinski definition) is 5. The number of ether oxygens (including phenoxy) is 2. The molecule has 6 heteroatoms. The van der Waals surface area contributed by atoms with Crippen LogP contribution in [0.2, 0.25) is 0 Å². The number of cyclic esters (lactones) is 1. The van der Waals surface area contributed by atoms with Crippen molar-refractivity contribution in [1.29, 1.82) is 0 Å². The van der Waals surface area contributed by atoms with Gasteiger partial charge in [0.1, 0.15) is 18.4 Å². The molecular weight excluding hydrogens is 284 g/mol. The van der Waals surface area contributed by atoms with Gasteiger partial charge >= 0.3 is 5.97 Å². The average molecular weight is 306 g/mol. The van der Waals surface area contributed by atoms with Gasteiger partial charge in [0.2, 0.25) is 5.91 Å². The van der Waals surface area contributed by atoms with Crippen LogP contribution in [0.1, 0.15) is 20.3 Å². The Morgan fingerprint density at radius 2 is 2.09 bits per heavy atom. The van der Waals surface area contributed by atoms with Gasteiger partial charge in [0.05, 0.1) is 13.0 Å². The van der Waals surface area contributed by atoms with E-state index < -0.39 is 6.04 Å². The highest BCUT2D eigenvalue weighted by molar-refractivity contribution is 5.94. The van der Waals surface area contributed by atoms with Gasteiger partial charge in [-0.15, -0.1) is 0 Å². The van der Waals surface area contributed by atoms with Crippen LogP contribution in [-0.4, -0.2) is 49.1 Å². The zero-order chi connectivity index (χ0) is 15.9. The molecular formula is C16H22N2O4. The number of carbonyl (C=O) groups excluding carboxylic acids is 2. The quantitative estimate of drug-likeness (QED) is 0.810. The molecule has 1 aliphatic heterocycles. The van der Waals surface area contributed by atoms with Crippen LogP contribution in [0.15, 0.2) is 24.3 Å². The fraction of sp³-hybridized carbons (Fsp3) is 0.500. The lowest BCUT2D eigenvalue weighted by Gasteiger charge is -2.32. The van der Waals surface area contributed by atoms with Crippen molar-refractivity contribution < 1.29 is 19.1 Å². The molecule has 1 amide bonds. The third kappa shape index (κ3) is 4.21. The lowest BCUT2D eigenvalue weighted by atomic mass is 10.1. The molecule has 0 saturated carbocycles. The summed E-state index contributed by atoms with van der Waals surface area (Å²) in [6.07, 6.45) is 0.0971. The van der Waals surface area contributed by atoms with E-state index in [1.807, 2.05) is 18.7 Å². The van der Waals surface area contributed by atoms with Gasteiger partial charge in [0.15, 0.2) is 0 Å². The maximum atomic E-state index is 12.1. The van der Waals surface area contributed by atoms with E-state index in [1.165, 1.54) is 0 Å². The third-order valence-electron chi connectivity index (χ3n) is 3.57. The van der Waals surface area contributed by atoms with Crippen LogP contribution in [0.5, 0.6) is 5.75 Å². The summed E-state index contributed by atoms with van der Waals surface area (Å²) in [6.45, 7) is 6.26. The average Bonchev–Trinajstić information content (AvgIpc) is 2.51. The normalized spacial score (nSPS) is 18.6. The summed E-state index contributed by atoms with van der Waals surface area (Å²) < 4.78 is 10.4. The lowest BCUT2D eigenvalue weighted by molar-refractivity contribution is -0.158. The molecule has 1 aromatic rings. The van der Waals surface area contributed by atoms with Crippen molar-refractivity contribution in [3.63, 3.8) is 0 Å². The number of anilines is 1. The first-order chi connectivity index (χ1) is 10.6. The molecule has 0 radical (unpaired) electrons. The number of amides is 1. The minimum absolute atomic E-state index is 0.0971. The van der Waals surface area contributed by atoms with Crippen LogP contribution in [0, 0.1) is 0 Å².